The van der Waals surface area contributed by atoms with Crippen molar-refractivity contribution in [3.63, 3.8) is 0 Å². The second-order valence-electron chi connectivity index (χ2n) is 5.15. The Kier molecular flexibility index (Phi) is 4.90. The third kappa shape index (κ3) is 3.63. The molecule has 2 unspecified atom stereocenters. The van der Waals surface area contributed by atoms with E-state index in [0.717, 1.165) is 23.7 Å². The van der Waals surface area contributed by atoms with Crippen LogP contribution in [0.4, 0.5) is 0 Å². The van der Waals surface area contributed by atoms with Crippen LogP contribution in [0.2, 0.25) is 5.02 Å². The van der Waals surface area contributed by atoms with E-state index in [4.69, 9.17) is 16.3 Å². The Morgan fingerprint density at radius 2 is 2.33 bits per heavy atom. The van der Waals surface area contributed by atoms with Gasteiger partial charge in [0.1, 0.15) is 11.9 Å². The molecule has 1 aliphatic rings. The van der Waals surface area contributed by atoms with Crippen molar-refractivity contribution >= 4 is 11.6 Å². The van der Waals surface area contributed by atoms with Gasteiger partial charge < -0.3 is 10.1 Å². The number of nitrogens with one attached hydrogen (secondary N) is 1. The van der Waals surface area contributed by atoms with E-state index >= 15 is 0 Å². The molecule has 0 amide bonds. The van der Waals surface area contributed by atoms with Gasteiger partial charge in [-0.05, 0) is 37.1 Å². The lowest BCUT2D eigenvalue weighted by atomic mass is 10.1. The quantitative estimate of drug-likeness (QED) is 0.846. The number of rotatable bonds is 6. The number of unbranched alkanes of at least 4 members (excludes halogenated alkanes) is 1. The second kappa shape index (κ2) is 6.44. The van der Waals surface area contributed by atoms with Gasteiger partial charge in [0.2, 0.25) is 0 Å². The summed E-state index contributed by atoms with van der Waals surface area (Å²) in [6.07, 6.45) is 5.00. The maximum atomic E-state index is 5.98. The molecular weight excluding hydrogens is 246 g/mol. The van der Waals surface area contributed by atoms with Crippen molar-refractivity contribution in [2.45, 2.75) is 51.7 Å². The monoisotopic (exact) mass is 267 g/mol. The highest BCUT2D eigenvalue weighted by Crippen LogP contribution is 2.30. The minimum absolute atomic E-state index is 0.252. The zero-order valence-electron chi connectivity index (χ0n) is 11.2. The lowest BCUT2D eigenvalue weighted by Crippen LogP contribution is -2.35. The first-order valence-corrected chi connectivity index (χ1v) is 7.25. The summed E-state index contributed by atoms with van der Waals surface area (Å²) in [5.74, 6) is 0.993. The average Bonchev–Trinajstić information content (AvgIpc) is 2.75. The summed E-state index contributed by atoms with van der Waals surface area (Å²) >= 11 is 5.98. The Balaban J connectivity index is 1.77. The zero-order valence-corrected chi connectivity index (χ0v) is 12.0. The molecular formula is C15H22ClNO. The predicted octanol–water partition coefficient (Wildman–Crippen LogP) is 3.81. The molecule has 0 aliphatic carbocycles. The van der Waals surface area contributed by atoms with Crippen LogP contribution in [0.15, 0.2) is 18.2 Å². The van der Waals surface area contributed by atoms with E-state index in [1.54, 1.807) is 0 Å². The molecule has 18 heavy (non-hydrogen) atoms. The van der Waals surface area contributed by atoms with E-state index in [9.17, 15) is 0 Å². The minimum Gasteiger partial charge on any atom is -0.488 e. The summed E-state index contributed by atoms with van der Waals surface area (Å²) in [7, 11) is 0. The maximum absolute atomic E-state index is 5.98. The van der Waals surface area contributed by atoms with Crippen LogP contribution < -0.4 is 10.1 Å². The van der Waals surface area contributed by atoms with Crippen molar-refractivity contribution in [2.24, 2.45) is 0 Å². The molecule has 1 aromatic rings. The fraction of sp³-hybridized carbons (Fsp3) is 0.600. The summed E-state index contributed by atoms with van der Waals surface area (Å²) < 4.78 is 5.90. The molecule has 0 aromatic heterocycles. The molecule has 2 rings (SSSR count). The molecule has 1 N–H and O–H groups in total. The summed E-state index contributed by atoms with van der Waals surface area (Å²) in [5.41, 5.74) is 1.23. The van der Waals surface area contributed by atoms with E-state index in [-0.39, 0.29) is 6.10 Å². The van der Waals surface area contributed by atoms with Crippen LogP contribution in [0.5, 0.6) is 5.75 Å². The van der Waals surface area contributed by atoms with Crippen LogP contribution in [0, 0.1) is 0 Å². The van der Waals surface area contributed by atoms with Crippen molar-refractivity contribution in [3.8, 4) is 5.75 Å². The highest BCUT2D eigenvalue weighted by atomic mass is 35.5. The SMILES string of the molecule is CCCCC(C)NCC1Cc2cc(Cl)ccc2O1. The number of hydrogen-bond donors (Lipinski definition) is 1. The van der Waals surface area contributed by atoms with Gasteiger partial charge in [-0.3, -0.25) is 0 Å². The Hall–Kier alpha value is -0.730. The Labute approximate surface area is 115 Å². The van der Waals surface area contributed by atoms with Gasteiger partial charge in [0.15, 0.2) is 0 Å². The molecule has 0 radical (unpaired) electrons. The number of fused-ring (bicyclic) bond motifs is 1. The normalized spacial score (nSPS) is 19.4. The summed E-state index contributed by atoms with van der Waals surface area (Å²) in [5, 5.41) is 4.34. The van der Waals surface area contributed by atoms with Crippen LogP contribution in [0.1, 0.15) is 38.7 Å². The van der Waals surface area contributed by atoms with Crippen LogP contribution >= 0.6 is 11.6 Å². The molecule has 1 heterocycles. The van der Waals surface area contributed by atoms with Gasteiger partial charge in [0, 0.05) is 24.0 Å². The highest BCUT2D eigenvalue weighted by Gasteiger charge is 2.22. The third-order valence-corrected chi connectivity index (χ3v) is 3.68. The lowest BCUT2D eigenvalue weighted by molar-refractivity contribution is 0.221. The van der Waals surface area contributed by atoms with E-state index < -0.39 is 0 Å². The third-order valence-electron chi connectivity index (χ3n) is 3.45. The molecule has 1 aromatic carbocycles. The van der Waals surface area contributed by atoms with Crippen LogP contribution in [0.25, 0.3) is 0 Å². The molecule has 0 saturated heterocycles. The molecule has 3 heteroatoms. The molecule has 100 valence electrons. The lowest BCUT2D eigenvalue weighted by Gasteiger charge is -2.17. The number of ether oxygens (including phenoxy) is 1. The summed E-state index contributed by atoms with van der Waals surface area (Å²) in [6.45, 7) is 5.39. The topological polar surface area (TPSA) is 21.3 Å². The smallest absolute Gasteiger partial charge is 0.123 e. The summed E-state index contributed by atoms with van der Waals surface area (Å²) in [6, 6.07) is 6.44. The first kappa shape index (κ1) is 13.7. The minimum atomic E-state index is 0.252. The Morgan fingerprint density at radius 1 is 1.50 bits per heavy atom. The van der Waals surface area contributed by atoms with Crippen LogP contribution in [-0.4, -0.2) is 18.7 Å². The van der Waals surface area contributed by atoms with Crippen molar-refractivity contribution in [1.29, 1.82) is 0 Å². The number of hydrogen-bond acceptors (Lipinski definition) is 2. The molecule has 0 fully saturated rings. The average molecular weight is 268 g/mol. The van der Waals surface area contributed by atoms with Gasteiger partial charge in [-0.15, -0.1) is 0 Å². The van der Waals surface area contributed by atoms with E-state index in [1.807, 2.05) is 18.2 Å². The van der Waals surface area contributed by atoms with Gasteiger partial charge >= 0.3 is 0 Å². The van der Waals surface area contributed by atoms with E-state index in [0.29, 0.717) is 6.04 Å². The van der Waals surface area contributed by atoms with Gasteiger partial charge in [0.25, 0.3) is 0 Å². The van der Waals surface area contributed by atoms with Crippen LogP contribution in [-0.2, 0) is 6.42 Å². The first-order valence-electron chi connectivity index (χ1n) is 6.87. The van der Waals surface area contributed by atoms with Gasteiger partial charge in [-0.1, -0.05) is 31.4 Å². The van der Waals surface area contributed by atoms with E-state index in [2.05, 4.69) is 19.2 Å². The molecule has 2 atom stereocenters. The predicted molar refractivity (Wildman–Crippen MR) is 76.6 cm³/mol. The van der Waals surface area contributed by atoms with Gasteiger partial charge in [0.05, 0.1) is 0 Å². The number of halogens is 1. The molecule has 1 aliphatic heterocycles. The molecule has 0 bridgehead atoms. The molecule has 0 saturated carbocycles. The Morgan fingerprint density at radius 3 is 3.11 bits per heavy atom. The largest absolute Gasteiger partial charge is 0.488 e. The molecule has 2 nitrogen and oxygen atoms in total. The van der Waals surface area contributed by atoms with Gasteiger partial charge in [-0.2, -0.15) is 0 Å². The summed E-state index contributed by atoms with van der Waals surface area (Å²) in [4.78, 5) is 0. The van der Waals surface area contributed by atoms with Crippen molar-refractivity contribution < 1.29 is 4.74 Å². The highest BCUT2D eigenvalue weighted by molar-refractivity contribution is 6.30. The fourth-order valence-electron chi connectivity index (χ4n) is 2.35. The number of benzene rings is 1. The maximum Gasteiger partial charge on any atom is 0.123 e. The van der Waals surface area contributed by atoms with Crippen molar-refractivity contribution in [2.75, 3.05) is 6.54 Å². The Bertz CT molecular complexity index is 394. The standard InChI is InChI=1S/C15H22ClNO/c1-3-4-5-11(2)17-10-14-9-12-8-13(16)6-7-15(12)18-14/h6-8,11,14,17H,3-5,9-10H2,1-2H3. The van der Waals surface area contributed by atoms with Crippen molar-refractivity contribution in [3.05, 3.63) is 28.8 Å². The fourth-order valence-corrected chi connectivity index (χ4v) is 2.54. The van der Waals surface area contributed by atoms with Gasteiger partial charge in [-0.25, -0.2) is 0 Å². The van der Waals surface area contributed by atoms with Crippen LogP contribution in [0.3, 0.4) is 0 Å². The molecule has 0 spiro atoms. The zero-order chi connectivity index (χ0) is 13.0. The second-order valence-corrected chi connectivity index (χ2v) is 5.58. The van der Waals surface area contributed by atoms with E-state index in [1.165, 1.54) is 24.8 Å². The van der Waals surface area contributed by atoms with Crippen molar-refractivity contribution in [1.82, 2.24) is 5.32 Å². The first-order chi connectivity index (χ1) is 8.69.